The number of rotatable bonds is 8. The summed E-state index contributed by atoms with van der Waals surface area (Å²) in [6, 6.07) is 0. The van der Waals surface area contributed by atoms with Gasteiger partial charge < -0.3 is 9.47 Å². The van der Waals surface area contributed by atoms with Crippen molar-refractivity contribution in [3.05, 3.63) is 11.6 Å². The van der Waals surface area contributed by atoms with E-state index in [1.54, 1.807) is 5.57 Å². The normalized spacial score (nSPS) is 39.5. The highest BCUT2D eigenvalue weighted by Gasteiger charge is 2.59. The third-order valence-electron chi connectivity index (χ3n) is 11.1. The molecular weight excluding hydrogens is 432 g/mol. The van der Waals surface area contributed by atoms with Crippen molar-refractivity contribution in [3.63, 3.8) is 0 Å². The molecule has 3 saturated carbocycles. The van der Waals surface area contributed by atoms with E-state index < -0.39 is 6.16 Å². The van der Waals surface area contributed by atoms with Crippen LogP contribution in [0.4, 0.5) is 4.79 Å². The topological polar surface area (TPSA) is 35.5 Å². The summed E-state index contributed by atoms with van der Waals surface area (Å²) in [5, 5.41) is 0. The second-order valence-electron chi connectivity index (χ2n) is 14.2. The molecule has 3 nitrogen and oxygen atoms in total. The Hall–Kier alpha value is -0.990. The SMILES string of the molecule is CC(C)CCC[C@@H](C)[C@H]1CC[C@H]2[C@@H]3CC=C4CC(OC(=O)OCC(C)C)CC[C@]4(C)[C@H]3CC[C@]12C. The lowest BCUT2D eigenvalue weighted by atomic mass is 9.47. The highest BCUT2D eigenvalue weighted by atomic mass is 16.7. The molecule has 200 valence electrons. The molecule has 3 fully saturated rings. The molecule has 0 aromatic carbocycles. The molecule has 0 aromatic heterocycles. The fourth-order valence-electron chi connectivity index (χ4n) is 9.16. The molecule has 0 spiro atoms. The molecule has 8 atom stereocenters. The predicted octanol–water partition coefficient (Wildman–Crippen LogP) is 9.21. The van der Waals surface area contributed by atoms with Crippen molar-refractivity contribution in [2.75, 3.05) is 6.61 Å². The minimum Gasteiger partial charge on any atom is -0.434 e. The van der Waals surface area contributed by atoms with Crippen LogP contribution in [0.1, 0.15) is 119 Å². The first-order valence-corrected chi connectivity index (χ1v) is 15.1. The van der Waals surface area contributed by atoms with Crippen LogP contribution in [0, 0.1) is 52.3 Å². The Balaban J connectivity index is 1.40. The van der Waals surface area contributed by atoms with E-state index in [9.17, 15) is 4.79 Å². The summed E-state index contributed by atoms with van der Waals surface area (Å²) in [6.45, 7) is 17.1. The van der Waals surface area contributed by atoms with Crippen molar-refractivity contribution in [1.29, 1.82) is 0 Å². The maximum atomic E-state index is 12.2. The smallest absolute Gasteiger partial charge is 0.434 e. The van der Waals surface area contributed by atoms with Gasteiger partial charge >= 0.3 is 6.16 Å². The van der Waals surface area contributed by atoms with Gasteiger partial charge in [0, 0.05) is 6.42 Å². The van der Waals surface area contributed by atoms with Crippen molar-refractivity contribution in [1.82, 2.24) is 0 Å². The number of hydrogen-bond acceptors (Lipinski definition) is 3. The molecular formula is C32H54O3. The first kappa shape index (κ1) is 27.1. The van der Waals surface area contributed by atoms with Crippen LogP contribution in [0.25, 0.3) is 0 Å². The number of carbonyl (C=O) groups excluding carboxylic acids is 1. The summed E-state index contributed by atoms with van der Waals surface area (Å²) >= 11 is 0. The minimum absolute atomic E-state index is 0.0121. The number of hydrogen-bond donors (Lipinski definition) is 0. The fraction of sp³-hybridized carbons (Fsp3) is 0.906. The Bertz CT molecular complexity index is 769. The first-order valence-electron chi connectivity index (χ1n) is 15.1. The molecule has 1 unspecified atom stereocenters. The lowest BCUT2D eigenvalue weighted by molar-refractivity contribution is -0.0620. The summed E-state index contributed by atoms with van der Waals surface area (Å²) < 4.78 is 11.0. The summed E-state index contributed by atoms with van der Waals surface area (Å²) in [6.07, 6.45) is 16.3. The zero-order chi connectivity index (χ0) is 25.4. The van der Waals surface area contributed by atoms with E-state index in [0.717, 1.165) is 54.8 Å². The molecule has 0 aliphatic heterocycles. The zero-order valence-corrected chi connectivity index (χ0v) is 23.9. The lowest BCUT2D eigenvalue weighted by Gasteiger charge is -2.58. The molecule has 4 rings (SSSR count). The molecule has 0 bridgehead atoms. The monoisotopic (exact) mass is 486 g/mol. The van der Waals surface area contributed by atoms with Gasteiger partial charge in [0.05, 0.1) is 6.61 Å². The van der Waals surface area contributed by atoms with Gasteiger partial charge in [0.15, 0.2) is 0 Å². The van der Waals surface area contributed by atoms with Gasteiger partial charge in [0.25, 0.3) is 0 Å². The second-order valence-corrected chi connectivity index (χ2v) is 14.2. The van der Waals surface area contributed by atoms with Crippen molar-refractivity contribution < 1.29 is 14.3 Å². The molecule has 35 heavy (non-hydrogen) atoms. The highest BCUT2D eigenvalue weighted by Crippen LogP contribution is 2.67. The summed E-state index contributed by atoms with van der Waals surface area (Å²) in [7, 11) is 0. The van der Waals surface area contributed by atoms with Crippen LogP contribution in [0.5, 0.6) is 0 Å². The van der Waals surface area contributed by atoms with E-state index in [0.29, 0.717) is 23.4 Å². The second kappa shape index (κ2) is 10.8. The molecule has 0 radical (unpaired) electrons. The van der Waals surface area contributed by atoms with Gasteiger partial charge in [-0.3, -0.25) is 0 Å². The van der Waals surface area contributed by atoms with E-state index >= 15 is 0 Å². The fourth-order valence-corrected chi connectivity index (χ4v) is 9.16. The Morgan fingerprint density at radius 2 is 1.74 bits per heavy atom. The third-order valence-corrected chi connectivity index (χ3v) is 11.1. The largest absolute Gasteiger partial charge is 0.508 e. The van der Waals surface area contributed by atoms with E-state index in [1.165, 1.54) is 51.4 Å². The van der Waals surface area contributed by atoms with Crippen LogP contribution < -0.4 is 0 Å². The molecule has 3 heteroatoms. The maximum absolute atomic E-state index is 12.2. The highest BCUT2D eigenvalue weighted by molar-refractivity contribution is 5.60. The van der Waals surface area contributed by atoms with E-state index in [1.807, 2.05) is 0 Å². The van der Waals surface area contributed by atoms with Crippen molar-refractivity contribution in [2.24, 2.45) is 52.3 Å². The van der Waals surface area contributed by atoms with Gasteiger partial charge in [-0.2, -0.15) is 0 Å². The lowest BCUT2D eigenvalue weighted by Crippen LogP contribution is -2.51. The van der Waals surface area contributed by atoms with Gasteiger partial charge in [-0.05, 0) is 97.2 Å². The van der Waals surface area contributed by atoms with Crippen molar-refractivity contribution in [3.8, 4) is 0 Å². The molecule has 0 saturated heterocycles. The first-order chi connectivity index (χ1) is 16.5. The molecule has 0 amide bonds. The van der Waals surface area contributed by atoms with E-state index in [-0.39, 0.29) is 6.10 Å². The summed E-state index contributed by atoms with van der Waals surface area (Å²) in [4.78, 5) is 12.2. The number of allylic oxidation sites excluding steroid dienone is 1. The molecule has 0 aromatic rings. The van der Waals surface area contributed by atoms with Crippen LogP contribution in [-0.4, -0.2) is 18.9 Å². The number of fused-ring (bicyclic) bond motifs is 5. The van der Waals surface area contributed by atoms with Gasteiger partial charge in [-0.15, -0.1) is 0 Å². The van der Waals surface area contributed by atoms with Gasteiger partial charge in [-0.25, -0.2) is 4.79 Å². The molecule has 0 heterocycles. The average molecular weight is 487 g/mol. The predicted molar refractivity (Wildman–Crippen MR) is 144 cm³/mol. The molecule has 4 aliphatic rings. The number of ether oxygens (including phenoxy) is 2. The zero-order valence-electron chi connectivity index (χ0n) is 23.9. The Kier molecular flexibility index (Phi) is 8.33. The average Bonchev–Trinajstić information content (AvgIpc) is 3.15. The molecule has 0 N–H and O–H groups in total. The van der Waals surface area contributed by atoms with Crippen LogP contribution in [0.2, 0.25) is 0 Å². The Labute approximate surface area is 216 Å². The summed E-state index contributed by atoms with van der Waals surface area (Å²) in [5.41, 5.74) is 2.42. The standard InChI is InChI=1S/C32H54O3/c1-21(2)9-8-10-23(5)27-13-14-28-26-12-11-24-19-25(35-30(33)34-20-22(3)4)15-17-31(24,6)29(26)16-18-32(27,28)7/h11,21-23,25-29H,8-10,12-20H2,1-7H3/t23-,25?,26+,27-,28+,29+,31+,32-/m1/s1. The van der Waals surface area contributed by atoms with Crippen molar-refractivity contribution in [2.45, 2.75) is 125 Å². The van der Waals surface area contributed by atoms with E-state index in [2.05, 4.69) is 54.5 Å². The van der Waals surface area contributed by atoms with Gasteiger partial charge in [0.1, 0.15) is 6.10 Å². The van der Waals surface area contributed by atoms with Crippen molar-refractivity contribution >= 4 is 6.16 Å². The Morgan fingerprint density at radius 1 is 0.971 bits per heavy atom. The summed E-state index contributed by atoms with van der Waals surface area (Å²) in [5.74, 6) is 5.51. The minimum atomic E-state index is -0.477. The third kappa shape index (κ3) is 5.49. The maximum Gasteiger partial charge on any atom is 0.508 e. The van der Waals surface area contributed by atoms with Gasteiger partial charge in [-0.1, -0.05) is 79.4 Å². The van der Waals surface area contributed by atoms with Crippen LogP contribution in [-0.2, 0) is 9.47 Å². The number of carbonyl (C=O) groups is 1. The van der Waals surface area contributed by atoms with Gasteiger partial charge in [0.2, 0.25) is 0 Å². The van der Waals surface area contributed by atoms with E-state index in [4.69, 9.17) is 9.47 Å². The van der Waals surface area contributed by atoms with Crippen LogP contribution in [0.3, 0.4) is 0 Å². The quantitative estimate of drug-likeness (QED) is 0.253. The molecule has 4 aliphatic carbocycles. The van der Waals surface area contributed by atoms with Crippen LogP contribution >= 0.6 is 0 Å². The Morgan fingerprint density at radius 3 is 2.46 bits per heavy atom. The van der Waals surface area contributed by atoms with Crippen LogP contribution in [0.15, 0.2) is 11.6 Å².